The van der Waals surface area contributed by atoms with Crippen molar-refractivity contribution in [1.82, 2.24) is 9.55 Å². The van der Waals surface area contributed by atoms with E-state index in [4.69, 9.17) is 16.3 Å². The summed E-state index contributed by atoms with van der Waals surface area (Å²) < 4.78 is 8.11. The second kappa shape index (κ2) is 11.2. The van der Waals surface area contributed by atoms with Crippen LogP contribution < -0.4 is 0 Å². The summed E-state index contributed by atoms with van der Waals surface area (Å²) >= 11 is 6.07. The fraction of sp³-hybridized carbons (Fsp3) is 0.333. The predicted octanol–water partition coefficient (Wildman–Crippen LogP) is 7.95. The number of ether oxygens (including phenoxy) is 1. The monoisotopic (exact) mass is 488 g/mol. The van der Waals surface area contributed by atoms with E-state index in [9.17, 15) is 4.79 Å². The van der Waals surface area contributed by atoms with E-state index in [-0.39, 0.29) is 11.4 Å². The molecule has 4 nitrogen and oxygen atoms in total. The van der Waals surface area contributed by atoms with Gasteiger partial charge in [-0.25, -0.2) is 0 Å². The van der Waals surface area contributed by atoms with Crippen LogP contribution in [0.1, 0.15) is 73.6 Å². The van der Waals surface area contributed by atoms with Gasteiger partial charge in [0.25, 0.3) is 0 Å². The van der Waals surface area contributed by atoms with Crippen LogP contribution in [-0.2, 0) is 23.5 Å². The van der Waals surface area contributed by atoms with Gasteiger partial charge in [0.05, 0.1) is 30.0 Å². The van der Waals surface area contributed by atoms with E-state index in [1.54, 1.807) is 19.2 Å². The highest BCUT2D eigenvalue weighted by molar-refractivity contribution is 6.31. The number of carbonyl (C=O) groups excluding carboxylic acids is 1. The average Bonchev–Trinajstić information content (AvgIpc) is 3.40. The Morgan fingerprint density at radius 1 is 1.06 bits per heavy atom. The van der Waals surface area contributed by atoms with E-state index in [1.165, 1.54) is 24.0 Å². The van der Waals surface area contributed by atoms with Crippen molar-refractivity contribution in [2.24, 2.45) is 0 Å². The van der Waals surface area contributed by atoms with Crippen molar-refractivity contribution in [2.45, 2.75) is 65.2 Å². The number of fused-ring (bicyclic) bond motifs is 2. The van der Waals surface area contributed by atoms with Gasteiger partial charge < -0.3 is 9.30 Å². The van der Waals surface area contributed by atoms with E-state index in [2.05, 4.69) is 43.1 Å². The SMILES string of the molecule is CC(=O)c1cn(Cc2ccccn2)c2cc(Cl)ccc12.CCCC1(CCC)OCc2ccccc21. The van der Waals surface area contributed by atoms with Crippen molar-refractivity contribution >= 4 is 28.3 Å². The summed E-state index contributed by atoms with van der Waals surface area (Å²) in [6.45, 7) is 7.47. The molecule has 3 heterocycles. The van der Waals surface area contributed by atoms with Gasteiger partial charge in [-0.3, -0.25) is 9.78 Å². The largest absolute Gasteiger partial charge is 0.366 e. The first-order valence-corrected chi connectivity index (χ1v) is 12.8. The number of pyridine rings is 1. The molecular formula is C30H33ClN2O2. The van der Waals surface area contributed by atoms with Crippen molar-refractivity contribution in [1.29, 1.82) is 0 Å². The zero-order chi connectivity index (χ0) is 24.8. The highest BCUT2D eigenvalue weighted by atomic mass is 35.5. The molecule has 0 aliphatic carbocycles. The van der Waals surface area contributed by atoms with E-state index >= 15 is 0 Å². The van der Waals surface area contributed by atoms with E-state index in [1.807, 2.05) is 41.1 Å². The Kier molecular flexibility index (Phi) is 8.04. The number of nitrogens with zero attached hydrogens (tertiary/aromatic N) is 2. The van der Waals surface area contributed by atoms with E-state index in [0.29, 0.717) is 17.1 Å². The predicted molar refractivity (Wildman–Crippen MR) is 143 cm³/mol. The smallest absolute Gasteiger partial charge is 0.161 e. The maximum Gasteiger partial charge on any atom is 0.161 e. The molecule has 2 aromatic carbocycles. The van der Waals surface area contributed by atoms with Gasteiger partial charge in [-0.15, -0.1) is 0 Å². The number of benzene rings is 2. The summed E-state index contributed by atoms with van der Waals surface area (Å²) in [7, 11) is 0. The van der Waals surface area contributed by atoms with Gasteiger partial charge in [-0.2, -0.15) is 0 Å². The van der Waals surface area contributed by atoms with Crippen LogP contribution in [0.25, 0.3) is 10.9 Å². The van der Waals surface area contributed by atoms with Crippen molar-refractivity contribution in [3.05, 3.63) is 100 Å². The van der Waals surface area contributed by atoms with Gasteiger partial charge in [0.2, 0.25) is 0 Å². The summed E-state index contributed by atoms with van der Waals surface area (Å²) in [5.74, 6) is 0.0529. The van der Waals surface area contributed by atoms with E-state index in [0.717, 1.165) is 36.0 Å². The van der Waals surface area contributed by atoms with Gasteiger partial charge in [-0.05, 0) is 55.2 Å². The summed E-state index contributed by atoms with van der Waals surface area (Å²) in [4.78, 5) is 16.1. The molecule has 0 N–H and O–H groups in total. The zero-order valence-electron chi connectivity index (χ0n) is 20.8. The van der Waals surface area contributed by atoms with Gasteiger partial charge in [-0.1, -0.05) is 74.7 Å². The van der Waals surface area contributed by atoms with Gasteiger partial charge in [0.1, 0.15) is 0 Å². The van der Waals surface area contributed by atoms with Gasteiger partial charge in [0, 0.05) is 28.4 Å². The Labute approximate surface area is 212 Å². The number of Topliss-reactive ketones (excluding diaryl/α,β-unsaturated/α-hetero) is 1. The van der Waals surface area contributed by atoms with Gasteiger partial charge in [0.15, 0.2) is 5.78 Å². The van der Waals surface area contributed by atoms with Crippen LogP contribution in [0.3, 0.4) is 0 Å². The molecule has 0 spiro atoms. The Hall–Kier alpha value is -2.95. The third-order valence-electron chi connectivity index (χ3n) is 6.60. The van der Waals surface area contributed by atoms with Crippen LogP contribution in [0, 0.1) is 0 Å². The fourth-order valence-corrected chi connectivity index (χ4v) is 5.24. The molecule has 4 aromatic rings. The minimum absolute atomic E-state index is 0.0279. The van der Waals surface area contributed by atoms with Crippen LogP contribution in [0.5, 0.6) is 0 Å². The molecule has 0 bridgehead atoms. The van der Waals surface area contributed by atoms with E-state index < -0.39 is 0 Å². The minimum atomic E-state index is 0.0279. The lowest BCUT2D eigenvalue weighted by atomic mass is 9.85. The quantitative estimate of drug-likeness (QED) is 0.248. The summed E-state index contributed by atoms with van der Waals surface area (Å²) in [6, 6.07) is 20.1. The fourth-order valence-electron chi connectivity index (χ4n) is 5.07. The molecular weight excluding hydrogens is 456 g/mol. The Morgan fingerprint density at radius 2 is 1.80 bits per heavy atom. The molecule has 35 heavy (non-hydrogen) atoms. The second-order valence-electron chi connectivity index (χ2n) is 9.15. The van der Waals surface area contributed by atoms with Crippen molar-refractivity contribution in [3.8, 4) is 0 Å². The molecule has 0 radical (unpaired) electrons. The van der Waals surface area contributed by atoms with Crippen molar-refractivity contribution in [3.63, 3.8) is 0 Å². The molecule has 2 aromatic heterocycles. The number of aromatic nitrogens is 2. The molecule has 1 aliphatic rings. The third kappa shape index (κ3) is 5.50. The van der Waals surface area contributed by atoms with Crippen LogP contribution in [0.4, 0.5) is 0 Å². The third-order valence-corrected chi connectivity index (χ3v) is 6.84. The van der Waals surface area contributed by atoms with Gasteiger partial charge >= 0.3 is 0 Å². The Bertz CT molecular complexity index is 1280. The Balaban J connectivity index is 0.000000172. The highest BCUT2D eigenvalue weighted by Gasteiger charge is 2.37. The molecule has 1 aliphatic heterocycles. The normalized spacial score (nSPS) is 13.8. The molecule has 0 saturated heterocycles. The number of hydrogen-bond donors (Lipinski definition) is 0. The lowest BCUT2D eigenvalue weighted by molar-refractivity contribution is -0.0518. The lowest BCUT2D eigenvalue weighted by Gasteiger charge is -2.29. The van der Waals surface area contributed by atoms with Crippen LogP contribution in [0.15, 0.2) is 73.1 Å². The zero-order valence-corrected chi connectivity index (χ0v) is 21.5. The summed E-state index contributed by atoms with van der Waals surface area (Å²) in [5, 5.41) is 1.59. The van der Waals surface area contributed by atoms with Crippen molar-refractivity contribution in [2.75, 3.05) is 0 Å². The first-order chi connectivity index (χ1) is 17.0. The molecule has 0 unspecified atom stereocenters. The minimum Gasteiger partial charge on any atom is -0.366 e. The standard InChI is InChI=1S/C16H13ClN2O.C14H20O/c1-11(20)15-10-19(9-13-4-2-3-7-18-13)16-8-12(17)5-6-14(15)16;1-3-9-14(10-4-2)13-8-6-5-7-12(13)11-15-14/h2-8,10H,9H2,1H3;5-8H,3-4,9-11H2,1-2H3. The number of ketones is 1. The molecule has 0 atom stereocenters. The molecule has 0 amide bonds. The average molecular weight is 489 g/mol. The van der Waals surface area contributed by atoms with Crippen LogP contribution in [-0.4, -0.2) is 15.3 Å². The summed E-state index contributed by atoms with van der Waals surface area (Å²) in [5.41, 5.74) is 5.47. The first kappa shape index (κ1) is 25.2. The summed E-state index contributed by atoms with van der Waals surface area (Å²) in [6.07, 6.45) is 8.32. The van der Waals surface area contributed by atoms with Crippen LogP contribution in [0.2, 0.25) is 5.02 Å². The maximum atomic E-state index is 11.7. The molecule has 5 heteroatoms. The number of halogens is 1. The molecule has 182 valence electrons. The molecule has 0 fully saturated rings. The topological polar surface area (TPSA) is 44.1 Å². The lowest BCUT2D eigenvalue weighted by Crippen LogP contribution is -2.24. The van der Waals surface area contributed by atoms with Crippen molar-refractivity contribution < 1.29 is 9.53 Å². The highest BCUT2D eigenvalue weighted by Crippen LogP contribution is 2.43. The number of hydrogen-bond acceptors (Lipinski definition) is 3. The first-order valence-electron chi connectivity index (χ1n) is 12.4. The maximum absolute atomic E-state index is 11.7. The second-order valence-corrected chi connectivity index (χ2v) is 9.59. The molecule has 0 saturated carbocycles. The van der Waals surface area contributed by atoms with Crippen LogP contribution >= 0.6 is 11.6 Å². The Morgan fingerprint density at radius 3 is 2.49 bits per heavy atom. The number of carbonyl (C=O) groups is 1. The number of rotatable bonds is 7. The molecule has 5 rings (SSSR count).